The van der Waals surface area contributed by atoms with Crippen molar-refractivity contribution >= 4 is 35.0 Å². The first-order valence-corrected chi connectivity index (χ1v) is 7.42. The van der Waals surface area contributed by atoms with Crippen LogP contribution in [0.3, 0.4) is 0 Å². The summed E-state index contributed by atoms with van der Waals surface area (Å²) in [6, 6.07) is 4.84. The van der Waals surface area contributed by atoms with Crippen molar-refractivity contribution < 1.29 is 9.53 Å². The van der Waals surface area contributed by atoms with Crippen LogP contribution in [0.1, 0.15) is 32.1 Å². The van der Waals surface area contributed by atoms with Gasteiger partial charge in [-0.3, -0.25) is 5.32 Å². The molecule has 1 aliphatic carbocycles. The fourth-order valence-corrected chi connectivity index (χ4v) is 2.69. The Morgan fingerprint density at radius 3 is 2.70 bits per heavy atom. The molecule has 0 heterocycles. The zero-order valence-corrected chi connectivity index (χ0v) is 12.6. The highest BCUT2D eigenvalue weighted by Crippen LogP contribution is 2.27. The maximum absolute atomic E-state index is 11.8. The van der Waals surface area contributed by atoms with Gasteiger partial charge in [-0.15, -0.1) is 0 Å². The van der Waals surface area contributed by atoms with Gasteiger partial charge in [0.25, 0.3) is 0 Å². The van der Waals surface area contributed by atoms with Crippen molar-refractivity contribution in [1.29, 1.82) is 0 Å². The van der Waals surface area contributed by atoms with Gasteiger partial charge in [0.05, 0.1) is 16.2 Å². The van der Waals surface area contributed by atoms with Crippen molar-refractivity contribution in [3.05, 3.63) is 28.2 Å². The van der Waals surface area contributed by atoms with Gasteiger partial charge in [-0.25, -0.2) is 4.79 Å². The summed E-state index contributed by atoms with van der Waals surface area (Å²) >= 11 is 11.8. The first-order chi connectivity index (χ1) is 9.48. The van der Waals surface area contributed by atoms with Gasteiger partial charge < -0.3 is 10.5 Å². The number of rotatable bonds is 3. The highest BCUT2D eigenvalue weighted by Gasteiger charge is 2.29. The Hall–Kier alpha value is -0.970. The molecule has 1 saturated carbocycles. The number of carbonyl (C=O) groups is 1. The Kier molecular flexibility index (Phi) is 5.13. The maximum atomic E-state index is 11.8. The quantitative estimate of drug-likeness (QED) is 0.878. The van der Waals surface area contributed by atoms with E-state index in [-0.39, 0.29) is 6.61 Å². The van der Waals surface area contributed by atoms with Crippen LogP contribution in [0.25, 0.3) is 0 Å². The maximum Gasteiger partial charge on any atom is 0.411 e. The van der Waals surface area contributed by atoms with E-state index < -0.39 is 11.6 Å². The van der Waals surface area contributed by atoms with E-state index in [4.69, 9.17) is 33.7 Å². The van der Waals surface area contributed by atoms with Crippen LogP contribution in [0, 0.1) is 0 Å². The second-order valence-electron chi connectivity index (χ2n) is 5.25. The van der Waals surface area contributed by atoms with Crippen molar-refractivity contribution in [3.8, 4) is 0 Å². The number of nitrogens with two attached hydrogens (primary N) is 1. The van der Waals surface area contributed by atoms with Gasteiger partial charge in [-0.05, 0) is 31.0 Å². The smallest absolute Gasteiger partial charge is 0.411 e. The summed E-state index contributed by atoms with van der Waals surface area (Å²) < 4.78 is 5.21. The zero-order valence-electron chi connectivity index (χ0n) is 11.1. The van der Waals surface area contributed by atoms with Crippen LogP contribution in [-0.2, 0) is 4.74 Å². The van der Waals surface area contributed by atoms with Gasteiger partial charge in [0.15, 0.2) is 0 Å². The molecule has 1 aromatic carbocycles. The molecule has 0 aliphatic heterocycles. The van der Waals surface area contributed by atoms with Gasteiger partial charge in [0.2, 0.25) is 0 Å². The lowest BCUT2D eigenvalue weighted by atomic mass is 9.83. The Morgan fingerprint density at radius 2 is 2.00 bits per heavy atom. The van der Waals surface area contributed by atoms with Crippen molar-refractivity contribution in [1.82, 2.24) is 0 Å². The molecule has 2 rings (SSSR count). The van der Waals surface area contributed by atoms with Crippen LogP contribution in [0.2, 0.25) is 10.0 Å². The van der Waals surface area contributed by atoms with E-state index in [2.05, 4.69) is 5.32 Å². The molecule has 0 saturated heterocycles. The fraction of sp³-hybridized carbons (Fsp3) is 0.500. The van der Waals surface area contributed by atoms with E-state index in [1.54, 1.807) is 18.2 Å². The SMILES string of the molecule is NC1(COC(=O)Nc2cc(Cl)ccc2Cl)CCCCC1. The molecule has 0 spiro atoms. The summed E-state index contributed by atoms with van der Waals surface area (Å²) in [4.78, 5) is 11.8. The third-order valence-electron chi connectivity index (χ3n) is 3.51. The Balaban J connectivity index is 1.87. The van der Waals surface area contributed by atoms with E-state index in [0.29, 0.717) is 15.7 Å². The molecular formula is C14H18Cl2N2O2. The topological polar surface area (TPSA) is 64.3 Å². The monoisotopic (exact) mass is 316 g/mol. The van der Waals surface area contributed by atoms with E-state index in [1.807, 2.05) is 0 Å². The first-order valence-electron chi connectivity index (χ1n) is 6.66. The molecule has 20 heavy (non-hydrogen) atoms. The number of carbonyl (C=O) groups excluding carboxylic acids is 1. The Morgan fingerprint density at radius 1 is 1.30 bits per heavy atom. The third-order valence-corrected chi connectivity index (χ3v) is 4.07. The van der Waals surface area contributed by atoms with Crippen molar-refractivity contribution in [2.24, 2.45) is 5.73 Å². The van der Waals surface area contributed by atoms with Gasteiger partial charge in [-0.1, -0.05) is 42.5 Å². The van der Waals surface area contributed by atoms with Gasteiger partial charge in [0, 0.05) is 5.02 Å². The minimum Gasteiger partial charge on any atom is -0.447 e. The number of benzene rings is 1. The minimum atomic E-state index is -0.565. The average Bonchev–Trinajstić information content (AvgIpc) is 2.42. The predicted molar refractivity (Wildman–Crippen MR) is 81.4 cm³/mol. The molecule has 1 aromatic rings. The highest BCUT2D eigenvalue weighted by molar-refractivity contribution is 6.35. The predicted octanol–water partition coefficient (Wildman–Crippen LogP) is 4.20. The standard InChI is InChI=1S/C14H18Cl2N2O2/c15-10-4-5-11(16)12(8-10)18-13(19)20-9-14(17)6-2-1-3-7-14/h4-5,8H,1-3,6-7,9,17H2,(H,18,19). The lowest BCUT2D eigenvalue weighted by Crippen LogP contribution is -2.46. The normalized spacial score (nSPS) is 17.6. The molecule has 0 atom stereocenters. The van der Waals surface area contributed by atoms with Crippen LogP contribution < -0.4 is 11.1 Å². The number of ether oxygens (including phenoxy) is 1. The molecule has 0 bridgehead atoms. The largest absolute Gasteiger partial charge is 0.447 e. The molecule has 0 aromatic heterocycles. The lowest BCUT2D eigenvalue weighted by Gasteiger charge is -2.32. The number of hydrogen-bond donors (Lipinski definition) is 2. The number of halogens is 2. The van der Waals surface area contributed by atoms with E-state index in [1.165, 1.54) is 6.42 Å². The summed E-state index contributed by atoms with van der Waals surface area (Å²) in [6.07, 6.45) is 4.58. The zero-order chi connectivity index (χ0) is 14.6. The van der Waals surface area contributed by atoms with Crippen molar-refractivity contribution in [2.75, 3.05) is 11.9 Å². The highest BCUT2D eigenvalue weighted by atomic mass is 35.5. The molecule has 1 fully saturated rings. The minimum absolute atomic E-state index is 0.219. The number of amides is 1. The number of nitrogens with one attached hydrogen (secondary N) is 1. The summed E-state index contributed by atoms with van der Waals surface area (Å²) in [6.45, 7) is 0.219. The van der Waals surface area contributed by atoms with Crippen molar-refractivity contribution in [3.63, 3.8) is 0 Å². The summed E-state index contributed by atoms with van der Waals surface area (Å²) in [5, 5.41) is 3.48. The van der Waals surface area contributed by atoms with Gasteiger partial charge >= 0.3 is 6.09 Å². The van der Waals surface area contributed by atoms with Crippen LogP contribution in [0.15, 0.2) is 18.2 Å². The molecule has 110 valence electrons. The van der Waals surface area contributed by atoms with Crippen LogP contribution in [0.4, 0.5) is 10.5 Å². The van der Waals surface area contributed by atoms with Crippen molar-refractivity contribution in [2.45, 2.75) is 37.6 Å². The van der Waals surface area contributed by atoms with E-state index >= 15 is 0 Å². The molecule has 1 amide bonds. The number of hydrogen-bond acceptors (Lipinski definition) is 3. The molecule has 4 nitrogen and oxygen atoms in total. The molecule has 0 radical (unpaired) electrons. The summed E-state index contributed by atoms with van der Waals surface area (Å²) in [7, 11) is 0. The molecule has 0 unspecified atom stereocenters. The van der Waals surface area contributed by atoms with Crippen LogP contribution in [-0.4, -0.2) is 18.2 Å². The second kappa shape index (κ2) is 6.66. The van der Waals surface area contributed by atoms with Crippen LogP contribution in [0.5, 0.6) is 0 Å². The molecule has 6 heteroatoms. The average molecular weight is 317 g/mol. The number of anilines is 1. The van der Waals surface area contributed by atoms with Gasteiger partial charge in [0.1, 0.15) is 6.61 Å². The second-order valence-corrected chi connectivity index (χ2v) is 6.09. The Labute approximate surface area is 128 Å². The van der Waals surface area contributed by atoms with E-state index in [0.717, 1.165) is 25.7 Å². The first kappa shape index (κ1) is 15.4. The van der Waals surface area contributed by atoms with E-state index in [9.17, 15) is 4.79 Å². The summed E-state index contributed by atoms with van der Waals surface area (Å²) in [5.74, 6) is 0. The van der Waals surface area contributed by atoms with Gasteiger partial charge in [-0.2, -0.15) is 0 Å². The molecule has 3 N–H and O–H groups in total. The lowest BCUT2D eigenvalue weighted by molar-refractivity contribution is 0.112. The molecule has 1 aliphatic rings. The Bertz CT molecular complexity index is 488. The third kappa shape index (κ3) is 4.27. The molecular weight excluding hydrogens is 299 g/mol. The fourth-order valence-electron chi connectivity index (χ4n) is 2.35. The van der Waals surface area contributed by atoms with Crippen LogP contribution >= 0.6 is 23.2 Å². The summed E-state index contributed by atoms with van der Waals surface area (Å²) in [5.41, 5.74) is 6.24.